The average Bonchev–Trinajstić information content (AvgIpc) is 3.10. The van der Waals surface area contributed by atoms with Crippen molar-refractivity contribution in [1.82, 2.24) is 10.2 Å². The van der Waals surface area contributed by atoms with Crippen LogP contribution in [0.2, 0.25) is 0 Å². The smallest absolute Gasteiger partial charge is 0.410 e. The summed E-state index contributed by atoms with van der Waals surface area (Å²) in [7, 11) is 0. The van der Waals surface area contributed by atoms with Gasteiger partial charge in [0, 0.05) is 19.1 Å². The molecule has 1 fully saturated rings. The lowest BCUT2D eigenvalue weighted by molar-refractivity contribution is -0.139. The van der Waals surface area contributed by atoms with E-state index in [2.05, 4.69) is 5.32 Å². The number of hydrogen-bond acceptors (Lipinski definition) is 4. The minimum absolute atomic E-state index is 0.247. The van der Waals surface area contributed by atoms with Gasteiger partial charge in [-0.3, -0.25) is 4.79 Å². The fourth-order valence-electron chi connectivity index (χ4n) is 1.90. The molecule has 1 aliphatic carbocycles. The molecule has 0 aromatic rings. The van der Waals surface area contributed by atoms with Gasteiger partial charge in [-0.05, 0) is 40.0 Å². The first-order valence-corrected chi connectivity index (χ1v) is 7.20. The second-order valence-electron chi connectivity index (χ2n) is 6.16. The van der Waals surface area contributed by atoms with Crippen molar-refractivity contribution < 1.29 is 19.4 Å². The van der Waals surface area contributed by atoms with Crippen molar-refractivity contribution in [3.63, 3.8) is 0 Å². The minimum Gasteiger partial charge on any atom is -0.480 e. The first-order valence-electron chi connectivity index (χ1n) is 7.20. The van der Waals surface area contributed by atoms with Crippen LogP contribution in [0, 0.1) is 0 Å². The van der Waals surface area contributed by atoms with Crippen LogP contribution in [0.4, 0.5) is 4.79 Å². The molecule has 116 valence electrons. The van der Waals surface area contributed by atoms with E-state index >= 15 is 0 Å². The molecule has 0 saturated heterocycles. The van der Waals surface area contributed by atoms with Crippen molar-refractivity contribution in [1.29, 1.82) is 0 Å². The predicted molar refractivity (Wildman–Crippen MR) is 75.7 cm³/mol. The summed E-state index contributed by atoms with van der Waals surface area (Å²) in [5, 5.41) is 11.9. The summed E-state index contributed by atoms with van der Waals surface area (Å²) >= 11 is 0. The number of aliphatic carboxylic acids is 1. The second-order valence-corrected chi connectivity index (χ2v) is 6.16. The van der Waals surface area contributed by atoms with Gasteiger partial charge in [-0.25, -0.2) is 4.79 Å². The Bertz CT molecular complexity index is 348. The predicted octanol–water partition coefficient (Wildman–Crippen LogP) is 1.84. The van der Waals surface area contributed by atoms with E-state index in [4.69, 9.17) is 9.84 Å². The van der Waals surface area contributed by atoms with Gasteiger partial charge >= 0.3 is 12.1 Å². The van der Waals surface area contributed by atoms with Crippen LogP contribution in [-0.4, -0.2) is 52.8 Å². The third-order valence-electron chi connectivity index (χ3n) is 3.07. The highest BCUT2D eigenvalue weighted by atomic mass is 16.6. The molecule has 2 N–H and O–H groups in total. The van der Waals surface area contributed by atoms with Gasteiger partial charge in [-0.15, -0.1) is 0 Å². The number of rotatable bonds is 7. The third-order valence-corrected chi connectivity index (χ3v) is 3.07. The Kier molecular flexibility index (Phi) is 5.80. The van der Waals surface area contributed by atoms with E-state index in [0.29, 0.717) is 19.5 Å². The molecule has 20 heavy (non-hydrogen) atoms. The first kappa shape index (κ1) is 16.8. The van der Waals surface area contributed by atoms with Crippen LogP contribution in [0.3, 0.4) is 0 Å². The number of carboxylic acid groups (broad SMARTS) is 1. The molecule has 1 saturated carbocycles. The molecule has 0 aliphatic heterocycles. The van der Waals surface area contributed by atoms with E-state index < -0.39 is 17.6 Å². The maximum absolute atomic E-state index is 12.1. The van der Waals surface area contributed by atoms with Crippen molar-refractivity contribution >= 4 is 12.1 Å². The summed E-state index contributed by atoms with van der Waals surface area (Å²) < 4.78 is 5.38. The van der Waals surface area contributed by atoms with Crippen LogP contribution in [0.1, 0.15) is 47.0 Å². The number of amides is 1. The molecule has 0 heterocycles. The standard InChI is InChI=1S/C14H26N2O4/c1-5-11(12(17)18)15-8-9-16(10-6-7-10)13(19)20-14(2,3)4/h10-11,15H,5-9H2,1-4H3,(H,17,18). The summed E-state index contributed by atoms with van der Waals surface area (Å²) in [6.45, 7) is 8.27. The van der Waals surface area contributed by atoms with Crippen molar-refractivity contribution in [2.24, 2.45) is 0 Å². The van der Waals surface area contributed by atoms with Gasteiger partial charge in [-0.2, -0.15) is 0 Å². The Morgan fingerprint density at radius 1 is 1.40 bits per heavy atom. The van der Waals surface area contributed by atoms with Gasteiger partial charge in [-0.1, -0.05) is 6.92 Å². The van der Waals surface area contributed by atoms with Gasteiger partial charge in [0.05, 0.1) is 0 Å². The number of carbonyl (C=O) groups is 2. The zero-order chi connectivity index (χ0) is 15.3. The SMILES string of the molecule is CCC(NCCN(C(=O)OC(C)(C)C)C1CC1)C(=O)O. The minimum atomic E-state index is -0.859. The lowest BCUT2D eigenvalue weighted by Crippen LogP contribution is -2.45. The number of carboxylic acids is 1. The van der Waals surface area contributed by atoms with Crippen LogP contribution in [0.5, 0.6) is 0 Å². The number of carbonyl (C=O) groups excluding carboxylic acids is 1. The molecule has 1 unspecified atom stereocenters. The maximum Gasteiger partial charge on any atom is 0.410 e. The summed E-state index contributed by atoms with van der Waals surface area (Å²) in [6, 6.07) is -0.314. The topological polar surface area (TPSA) is 78.9 Å². The molecule has 0 aromatic heterocycles. The molecular weight excluding hydrogens is 260 g/mol. The van der Waals surface area contributed by atoms with Gasteiger partial charge in [0.15, 0.2) is 0 Å². The Balaban J connectivity index is 2.44. The molecule has 1 atom stereocenters. The monoisotopic (exact) mass is 286 g/mol. The van der Waals surface area contributed by atoms with Crippen LogP contribution in [-0.2, 0) is 9.53 Å². The number of nitrogens with one attached hydrogen (secondary N) is 1. The van der Waals surface area contributed by atoms with E-state index in [1.54, 1.807) is 4.90 Å². The van der Waals surface area contributed by atoms with E-state index in [1.807, 2.05) is 27.7 Å². The van der Waals surface area contributed by atoms with E-state index in [-0.39, 0.29) is 12.1 Å². The summed E-state index contributed by atoms with van der Waals surface area (Å²) in [6.07, 6.45) is 2.20. The molecule has 1 amide bonds. The Morgan fingerprint density at radius 3 is 2.40 bits per heavy atom. The van der Waals surface area contributed by atoms with Crippen LogP contribution in [0.25, 0.3) is 0 Å². The Hall–Kier alpha value is -1.30. The van der Waals surface area contributed by atoms with Crippen LogP contribution >= 0.6 is 0 Å². The van der Waals surface area contributed by atoms with Gasteiger partial charge in [0.2, 0.25) is 0 Å². The quantitative estimate of drug-likeness (QED) is 0.746. The molecular formula is C14H26N2O4. The summed E-state index contributed by atoms with van der Waals surface area (Å²) in [4.78, 5) is 24.7. The van der Waals surface area contributed by atoms with Gasteiger partial charge in [0.1, 0.15) is 11.6 Å². The van der Waals surface area contributed by atoms with Gasteiger partial charge in [0.25, 0.3) is 0 Å². The highest BCUT2D eigenvalue weighted by molar-refractivity contribution is 5.73. The molecule has 6 heteroatoms. The molecule has 1 aliphatic rings. The molecule has 0 aromatic carbocycles. The lowest BCUT2D eigenvalue weighted by Gasteiger charge is -2.27. The van der Waals surface area contributed by atoms with Crippen LogP contribution in [0.15, 0.2) is 0 Å². The fourth-order valence-corrected chi connectivity index (χ4v) is 1.90. The number of hydrogen-bond donors (Lipinski definition) is 2. The molecule has 0 spiro atoms. The lowest BCUT2D eigenvalue weighted by atomic mass is 10.2. The molecule has 0 bridgehead atoms. The van der Waals surface area contributed by atoms with Crippen molar-refractivity contribution in [3.8, 4) is 0 Å². The van der Waals surface area contributed by atoms with Crippen molar-refractivity contribution in [3.05, 3.63) is 0 Å². The highest BCUT2D eigenvalue weighted by Crippen LogP contribution is 2.28. The average molecular weight is 286 g/mol. The largest absolute Gasteiger partial charge is 0.480 e. The van der Waals surface area contributed by atoms with Gasteiger partial charge < -0.3 is 20.1 Å². The maximum atomic E-state index is 12.1. The molecule has 6 nitrogen and oxygen atoms in total. The molecule has 1 rings (SSSR count). The van der Waals surface area contributed by atoms with Crippen molar-refractivity contribution in [2.75, 3.05) is 13.1 Å². The second kappa shape index (κ2) is 6.92. The fraction of sp³-hybridized carbons (Fsp3) is 0.857. The van der Waals surface area contributed by atoms with Crippen molar-refractivity contribution in [2.45, 2.75) is 64.6 Å². The van der Waals surface area contributed by atoms with E-state index in [1.165, 1.54) is 0 Å². The number of ether oxygens (including phenoxy) is 1. The first-order chi connectivity index (χ1) is 9.24. The van der Waals surface area contributed by atoms with E-state index in [9.17, 15) is 9.59 Å². The summed E-state index contributed by atoms with van der Waals surface area (Å²) in [5.74, 6) is -0.859. The third kappa shape index (κ3) is 5.77. The van der Waals surface area contributed by atoms with E-state index in [0.717, 1.165) is 12.8 Å². The zero-order valence-electron chi connectivity index (χ0n) is 12.8. The zero-order valence-corrected chi connectivity index (χ0v) is 12.8. The summed E-state index contributed by atoms with van der Waals surface area (Å²) in [5.41, 5.74) is -0.509. The highest BCUT2D eigenvalue weighted by Gasteiger charge is 2.34. The van der Waals surface area contributed by atoms with Crippen LogP contribution < -0.4 is 5.32 Å². The molecule has 0 radical (unpaired) electrons. The normalized spacial score (nSPS) is 16.6. The number of nitrogens with zero attached hydrogens (tertiary/aromatic N) is 1. The Morgan fingerprint density at radius 2 is 2.00 bits per heavy atom. The Labute approximate surface area is 120 Å².